The average Bonchev–Trinajstić information content (AvgIpc) is 3.27. The molecular formula is C20H27Br3N4O4. The number of alkyl halides is 1. The lowest BCUT2D eigenvalue weighted by molar-refractivity contribution is 0.0515. The first kappa shape index (κ1) is 26.1. The monoisotopic (exact) mass is 624 g/mol. The second kappa shape index (κ2) is 13.4. The van der Waals surface area contributed by atoms with Crippen LogP contribution in [0.25, 0.3) is 0 Å². The zero-order chi connectivity index (χ0) is 22.8. The van der Waals surface area contributed by atoms with Crippen LogP contribution in [0.5, 0.6) is 0 Å². The molecule has 0 aromatic carbocycles. The van der Waals surface area contributed by atoms with E-state index in [1.54, 1.807) is 20.0 Å². The van der Waals surface area contributed by atoms with Crippen molar-refractivity contribution in [2.75, 3.05) is 13.2 Å². The van der Waals surface area contributed by atoms with Crippen LogP contribution in [-0.2, 0) is 9.47 Å². The van der Waals surface area contributed by atoms with Crippen LogP contribution < -0.4 is 0 Å². The number of nitrogens with one attached hydrogen (secondary N) is 1. The predicted octanol–water partition coefficient (Wildman–Crippen LogP) is 5.83. The zero-order valence-electron chi connectivity index (χ0n) is 17.6. The van der Waals surface area contributed by atoms with Crippen LogP contribution in [0, 0.1) is 0 Å². The van der Waals surface area contributed by atoms with Gasteiger partial charge < -0.3 is 9.47 Å². The Bertz CT molecular complexity index is 847. The van der Waals surface area contributed by atoms with Gasteiger partial charge in [0.15, 0.2) is 0 Å². The van der Waals surface area contributed by atoms with E-state index in [1.807, 2.05) is 4.68 Å². The summed E-state index contributed by atoms with van der Waals surface area (Å²) in [6.45, 7) is 4.31. The van der Waals surface area contributed by atoms with Crippen molar-refractivity contribution in [3.05, 3.63) is 32.7 Å². The topological polar surface area (TPSA) is 99.1 Å². The SMILES string of the molecule is BrC1CCC1.CCOC(=O)c1cn[nH]c1Br.CCOC(=O)c1cnn(C2CCC2)c1Br. The van der Waals surface area contributed by atoms with Crippen LogP contribution >= 0.6 is 47.8 Å². The fraction of sp³-hybridized carbons (Fsp3) is 0.600. The van der Waals surface area contributed by atoms with E-state index in [0.29, 0.717) is 35.0 Å². The van der Waals surface area contributed by atoms with Gasteiger partial charge in [-0.1, -0.05) is 22.4 Å². The van der Waals surface area contributed by atoms with E-state index < -0.39 is 0 Å². The van der Waals surface area contributed by atoms with Gasteiger partial charge >= 0.3 is 11.9 Å². The standard InChI is InChI=1S/C10H13BrN2O2.C6H7BrN2O2.C4H7Br/c1-2-15-10(14)8-6-12-13(9(8)11)7-4-3-5-7;1-2-11-6(10)4-3-8-9-5(4)7;5-4-2-1-3-4/h6-7H,2-5H2,1H3;3H,2H2,1H3,(H,8,9);4H,1-3H2. The number of aromatic amines is 1. The smallest absolute Gasteiger partial charge is 0.342 e. The Morgan fingerprint density at radius 2 is 1.58 bits per heavy atom. The number of esters is 2. The van der Waals surface area contributed by atoms with Crippen LogP contribution in [0.1, 0.15) is 79.1 Å². The summed E-state index contributed by atoms with van der Waals surface area (Å²) in [5.74, 6) is -0.678. The Kier molecular flexibility index (Phi) is 11.2. The number of halogens is 3. The van der Waals surface area contributed by atoms with Gasteiger partial charge in [-0.25, -0.2) is 9.59 Å². The first-order valence-electron chi connectivity index (χ1n) is 10.3. The largest absolute Gasteiger partial charge is 0.462 e. The number of carbonyl (C=O) groups excluding carboxylic acids is 2. The number of rotatable bonds is 5. The minimum atomic E-state index is -0.367. The van der Waals surface area contributed by atoms with Crippen LogP contribution in [0.2, 0.25) is 0 Å². The van der Waals surface area contributed by atoms with Gasteiger partial charge in [0.05, 0.1) is 31.6 Å². The van der Waals surface area contributed by atoms with Gasteiger partial charge in [0.2, 0.25) is 0 Å². The fourth-order valence-electron chi connectivity index (χ4n) is 2.56. The third-order valence-electron chi connectivity index (χ3n) is 4.77. The van der Waals surface area contributed by atoms with Gasteiger partial charge in [0, 0.05) is 4.83 Å². The summed E-state index contributed by atoms with van der Waals surface area (Å²) in [4.78, 5) is 23.4. The molecule has 2 saturated carbocycles. The summed E-state index contributed by atoms with van der Waals surface area (Å²) in [5, 5.41) is 10.4. The highest BCUT2D eigenvalue weighted by Gasteiger charge is 2.25. The number of nitrogens with zero attached hydrogens (tertiary/aromatic N) is 3. The number of hydrogen-bond acceptors (Lipinski definition) is 6. The maximum Gasteiger partial charge on any atom is 0.342 e. The normalized spacial score (nSPS) is 15.4. The molecule has 8 nitrogen and oxygen atoms in total. The maximum atomic E-state index is 11.5. The molecule has 0 amide bonds. The number of H-pyrrole nitrogens is 1. The van der Waals surface area contributed by atoms with E-state index in [9.17, 15) is 9.59 Å². The van der Waals surface area contributed by atoms with Crippen molar-refractivity contribution in [3.8, 4) is 0 Å². The number of carbonyl (C=O) groups is 2. The molecule has 172 valence electrons. The number of ether oxygens (including phenoxy) is 2. The van der Waals surface area contributed by atoms with Crippen molar-refractivity contribution in [1.29, 1.82) is 0 Å². The predicted molar refractivity (Wildman–Crippen MR) is 128 cm³/mol. The Hall–Kier alpha value is -1.20. The van der Waals surface area contributed by atoms with E-state index in [4.69, 9.17) is 9.47 Å². The van der Waals surface area contributed by atoms with Gasteiger partial charge in [-0.05, 0) is 77.8 Å². The lowest BCUT2D eigenvalue weighted by Crippen LogP contribution is -2.18. The molecule has 31 heavy (non-hydrogen) atoms. The first-order valence-corrected chi connectivity index (χ1v) is 12.8. The third-order valence-corrected chi connectivity index (χ3v) is 7.08. The third kappa shape index (κ3) is 7.71. The highest BCUT2D eigenvalue weighted by atomic mass is 79.9. The van der Waals surface area contributed by atoms with Crippen molar-refractivity contribution >= 4 is 59.7 Å². The Morgan fingerprint density at radius 1 is 1.03 bits per heavy atom. The van der Waals surface area contributed by atoms with Crippen LogP contribution in [0.4, 0.5) is 0 Å². The molecule has 0 atom stereocenters. The molecule has 11 heteroatoms. The molecule has 0 aliphatic heterocycles. The molecule has 2 aromatic rings. The van der Waals surface area contributed by atoms with E-state index >= 15 is 0 Å². The molecule has 4 rings (SSSR count). The summed E-state index contributed by atoms with van der Waals surface area (Å²) in [7, 11) is 0. The number of aromatic nitrogens is 4. The minimum absolute atomic E-state index is 0.310. The summed E-state index contributed by atoms with van der Waals surface area (Å²) in [6, 6.07) is 0.447. The lowest BCUT2D eigenvalue weighted by Gasteiger charge is -2.26. The van der Waals surface area contributed by atoms with Gasteiger partial charge in [0.25, 0.3) is 0 Å². The lowest BCUT2D eigenvalue weighted by atomic mass is 9.93. The van der Waals surface area contributed by atoms with Crippen molar-refractivity contribution in [2.24, 2.45) is 0 Å². The first-order chi connectivity index (χ1) is 14.9. The van der Waals surface area contributed by atoms with Gasteiger partial charge in [-0.2, -0.15) is 10.2 Å². The Morgan fingerprint density at radius 3 is 1.97 bits per heavy atom. The zero-order valence-corrected chi connectivity index (χ0v) is 22.3. The fourth-order valence-corrected chi connectivity index (χ4v) is 4.22. The van der Waals surface area contributed by atoms with Crippen LogP contribution in [0.15, 0.2) is 21.6 Å². The van der Waals surface area contributed by atoms with E-state index in [1.165, 1.54) is 31.9 Å². The van der Waals surface area contributed by atoms with Crippen molar-refractivity contribution < 1.29 is 19.1 Å². The molecule has 2 heterocycles. The van der Waals surface area contributed by atoms with Gasteiger partial charge in [-0.15, -0.1) is 0 Å². The van der Waals surface area contributed by atoms with Gasteiger partial charge in [-0.3, -0.25) is 9.78 Å². The highest BCUT2D eigenvalue weighted by molar-refractivity contribution is 9.10. The molecule has 2 aliphatic rings. The van der Waals surface area contributed by atoms with Crippen molar-refractivity contribution in [2.45, 2.75) is 63.2 Å². The minimum Gasteiger partial charge on any atom is -0.462 e. The summed E-state index contributed by atoms with van der Waals surface area (Å²) in [6.07, 6.45) is 10.8. The highest BCUT2D eigenvalue weighted by Crippen LogP contribution is 2.34. The second-order valence-electron chi connectivity index (χ2n) is 6.95. The molecule has 0 saturated heterocycles. The maximum absolute atomic E-state index is 11.5. The van der Waals surface area contributed by atoms with E-state index in [2.05, 4.69) is 63.1 Å². The molecular weight excluding hydrogens is 600 g/mol. The number of hydrogen-bond donors (Lipinski definition) is 1. The molecule has 2 aromatic heterocycles. The molecule has 0 bridgehead atoms. The van der Waals surface area contributed by atoms with Gasteiger partial charge in [0.1, 0.15) is 20.3 Å². The van der Waals surface area contributed by atoms with E-state index in [-0.39, 0.29) is 11.9 Å². The second-order valence-corrected chi connectivity index (χ2v) is 9.78. The van der Waals surface area contributed by atoms with Crippen LogP contribution in [-0.4, -0.2) is 50.0 Å². The quantitative estimate of drug-likeness (QED) is 0.331. The average molecular weight is 627 g/mol. The van der Waals surface area contributed by atoms with Crippen molar-refractivity contribution in [1.82, 2.24) is 20.0 Å². The molecule has 0 unspecified atom stereocenters. The summed E-state index contributed by atoms with van der Waals surface area (Å²) < 4.78 is 12.8. The molecule has 2 fully saturated rings. The Labute approximate surface area is 207 Å². The summed E-state index contributed by atoms with van der Waals surface area (Å²) in [5.41, 5.74) is 0.940. The summed E-state index contributed by atoms with van der Waals surface area (Å²) >= 11 is 9.97. The molecule has 0 spiro atoms. The Balaban J connectivity index is 0.000000186. The van der Waals surface area contributed by atoms with Crippen LogP contribution in [0.3, 0.4) is 0 Å². The van der Waals surface area contributed by atoms with Crippen molar-refractivity contribution in [3.63, 3.8) is 0 Å². The molecule has 1 N–H and O–H groups in total. The van der Waals surface area contributed by atoms with E-state index in [0.717, 1.165) is 22.3 Å². The molecule has 0 radical (unpaired) electrons. The molecule has 2 aliphatic carbocycles.